The van der Waals surface area contributed by atoms with Gasteiger partial charge in [0.05, 0.1) is 6.10 Å². The highest BCUT2D eigenvalue weighted by atomic mass is 16.3. The first-order valence-corrected chi connectivity index (χ1v) is 5.05. The second-order valence-electron chi connectivity index (χ2n) is 4.05. The van der Waals surface area contributed by atoms with Gasteiger partial charge in [0.15, 0.2) is 0 Å². The maximum absolute atomic E-state index is 11.5. The average Bonchev–Trinajstić information content (AvgIpc) is 2.57. The summed E-state index contributed by atoms with van der Waals surface area (Å²) in [5.74, 6) is 0.268. The van der Waals surface area contributed by atoms with Gasteiger partial charge in [-0.05, 0) is 24.8 Å². The molecule has 5 N–H and O–H groups in total. The summed E-state index contributed by atoms with van der Waals surface area (Å²) in [4.78, 5) is 14.3. The summed E-state index contributed by atoms with van der Waals surface area (Å²) in [6.45, 7) is 0.620. The molecule has 1 saturated carbocycles. The molecule has 0 saturated heterocycles. The Morgan fingerprint density at radius 1 is 1.67 bits per heavy atom. The topological polar surface area (TPSA) is 91.1 Å². The van der Waals surface area contributed by atoms with Crippen LogP contribution in [0, 0.1) is 5.92 Å². The Labute approximate surface area is 87.7 Å². The van der Waals surface area contributed by atoms with E-state index in [1.54, 1.807) is 12.3 Å². The van der Waals surface area contributed by atoms with Crippen molar-refractivity contribution in [3.8, 4) is 0 Å². The lowest BCUT2D eigenvalue weighted by Crippen LogP contribution is -2.38. The maximum atomic E-state index is 11.5. The van der Waals surface area contributed by atoms with Crippen molar-refractivity contribution in [2.45, 2.75) is 18.9 Å². The molecule has 0 spiro atoms. The van der Waals surface area contributed by atoms with Crippen molar-refractivity contribution in [3.63, 3.8) is 0 Å². The van der Waals surface area contributed by atoms with Crippen LogP contribution in [0.2, 0.25) is 0 Å². The SMILES string of the molecule is Nc1c[nH]c(C(=O)NCC2CC(O)C2)c1. The number of nitrogens with one attached hydrogen (secondary N) is 2. The van der Waals surface area contributed by atoms with E-state index in [9.17, 15) is 4.79 Å². The Morgan fingerprint density at radius 2 is 2.40 bits per heavy atom. The van der Waals surface area contributed by atoms with Crippen LogP contribution in [0.4, 0.5) is 5.69 Å². The van der Waals surface area contributed by atoms with Crippen molar-refractivity contribution >= 4 is 11.6 Å². The molecule has 1 heterocycles. The zero-order valence-electron chi connectivity index (χ0n) is 8.36. The van der Waals surface area contributed by atoms with Gasteiger partial charge in [-0.3, -0.25) is 4.79 Å². The molecule has 0 atom stereocenters. The van der Waals surface area contributed by atoms with Crippen LogP contribution < -0.4 is 11.1 Å². The lowest BCUT2D eigenvalue weighted by molar-refractivity contribution is 0.0420. The van der Waals surface area contributed by atoms with Gasteiger partial charge in [0.1, 0.15) is 5.69 Å². The standard InChI is InChI=1S/C10H15N3O2/c11-7-3-9(12-5-7)10(15)13-4-6-1-8(14)2-6/h3,5-6,8,12,14H,1-2,4,11H2,(H,13,15). The van der Waals surface area contributed by atoms with E-state index in [4.69, 9.17) is 10.8 Å². The number of aliphatic hydroxyl groups excluding tert-OH is 1. The molecule has 0 aromatic carbocycles. The molecule has 1 aliphatic carbocycles. The Morgan fingerprint density at radius 3 is 2.93 bits per heavy atom. The van der Waals surface area contributed by atoms with Crippen LogP contribution in [0.15, 0.2) is 12.3 Å². The number of hydrogen-bond acceptors (Lipinski definition) is 3. The van der Waals surface area contributed by atoms with Gasteiger partial charge in [0.2, 0.25) is 0 Å². The fraction of sp³-hybridized carbons (Fsp3) is 0.500. The molecular weight excluding hydrogens is 194 g/mol. The summed E-state index contributed by atoms with van der Waals surface area (Å²) in [7, 11) is 0. The van der Waals surface area contributed by atoms with Gasteiger partial charge < -0.3 is 21.1 Å². The van der Waals surface area contributed by atoms with Crippen molar-refractivity contribution in [1.29, 1.82) is 0 Å². The van der Waals surface area contributed by atoms with Crippen LogP contribution in [-0.2, 0) is 0 Å². The number of rotatable bonds is 3. The Balaban J connectivity index is 1.78. The highest BCUT2D eigenvalue weighted by molar-refractivity contribution is 5.93. The van der Waals surface area contributed by atoms with E-state index in [1.807, 2.05) is 0 Å². The number of carbonyl (C=O) groups is 1. The van der Waals surface area contributed by atoms with Crippen LogP contribution in [0.5, 0.6) is 0 Å². The highest BCUT2D eigenvalue weighted by Crippen LogP contribution is 2.26. The molecule has 15 heavy (non-hydrogen) atoms. The monoisotopic (exact) mass is 209 g/mol. The van der Waals surface area contributed by atoms with Gasteiger partial charge in [-0.2, -0.15) is 0 Å². The molecule has 5 nitrogen and oxygen atoms in total. The van der Waals surface area contributed by atoms with E-state index < -0.39 is 0 Å². The van der Waals surface area contributed by atoms with Crippen LogP contribution >= 0.6 is 0 Å². The van der Waals surface area contributed by atoms with Crippen LogP contribution in [0.25, 0.3) is 0 Å². The van der Waals surface area contributed by atoms with Crippen molar-refractivity contribution in [2.24, 2.45) is 5.92 Å². The zero-order valence-corrected chi connectivity index (χ0v) is 8.36. The summed E-state index contributed by atoms with van der Waals surface area (Å²) in [5.41, 5.74) is 6.52. The van der Waals surface area contributed by atoms with E-state index in [-0.39, 0.29) is 12.0 Å². The summed E-state index contributed by atoms with van der Waals surface area (Å²) >= 11 is 0. The minimum Gasteiger partial charge on any atom is -0.397 e. The minimum atomic E-state index is -0.173. The number of aromatic amines is 1. The van der Waals surface area contributed by atoms with Crippen LogP contribution in [-0.4, -0.2) is 28.6 Å². The summed E-state index contributed by atoms with van der Waals surface area (Å²) in [6, 6.07) is 1.60. The maximum Gasteiger partial charge on any atom is 0.267 e. The molecule has 1 aliphatic rings. The smallest absolute Gasteiger partial charge is 0.267 e. The third-order valence-corrected chi connectivity index (χ3v) is 2.71. The number of hydrogen-bond donors (Lipinski definition) is 4. The fourth-order valence-corrected chi connectivity index (χ4v) is 1.74. The lowest BCUT2D eigenvalue weighted by Gasteiger charge is -2.31. The van der Waals surface area contributed by atoms with E-state index >= 15 is 0 Å². The number of nitrogen functional groups attached to an aromatic ring is 1. The largest absolute Gasteiger partial charge is 0.397 e. The van der Waals surface area contributed by atoms with Crippen LogP contribution in [0.3, 0.4) is 0 Å². The highest BCUT2D eigenvalue weighted by Gasteiger charge is 2.27. The second kappa shape index (κ2) is 3.94. The molecular formula is C10H15N3O2. The van der Waals surface area contributed by atoms with Crippen molar-refractivity contribution < 1.29 is 9.90 Å². The Hall–Kier alpha value is -1.49. The van der Waals surface area contributed by atoms with Gasteiger partial charge in [-0.15, -0.1) is 0 Å². The Kier molecular flexibility index (Phi) is 2.64. The number of amides is 1. The fourth-order valence-electron chi connectivity index (χ4n) is 1.74. The predicted octanol–water partition coefficient (Wildman–Crippen LogP) is 0.0976. The Bertz CT molecular complexity index is 355. The molecule has 1 aromatic rings. The first kappa shape index (κ1) is 10.0. The summed E-state index contributed by atoms with van der Waals surface area (Å²) in [5, 5.41) is 11.9. The molecule has 0 aliphatic heterocycles. The van der Waals surface area contributed by atoms with Gasteiger partial charge in [0.25, 0.3) is 5.91 Å². The quantitative estimate of drug-likeness (QED) is 0.569. The molecule has 82 valence electrons. The summed E-state index contributed by atoms with van der Waals surface area (Å²) < 4.78 is 0. The van der Waals surface area contributed by atoms with Gasteiger partial charge in [-0.25, -0.2) is 0 Å². The van der Waals surface area contributed by atoms with Crippen molar-refractivity contribution in [2.75, 3.05) is 12.3 Å². The lowest BCUT2D eigenvalue weighted by atomic mass is 9.82. The normalized spacial score (nSPS) is 24.6. The second-order valence-corrected chi connectivity index (χ2v) is 4.05. The molecule has 2 rings (SSSR count). The van der Waals surface area contributed by atoms with E-state index in [0.29, 0.717) is 23.8 Å². The molecule has 1 fully saturated rings. The average molecular weight is 209 g/mol. The van der Waals surface area contributed by atoms with E-state index in [2.05, 4.69) is 10.3 Å². The third-order valence-electron chi connectivity index (χ3n) is 2.71. The third kappa shape index (κ3) is 2.30. The number of aliphatic hydroxyl groups is 1. The molecule has 1 amide bonds. The number of carbonyl (C=O) groups excluding carboxylic acids is 1. The first-order chi connectivity index (χ1) is 7.15. The first-order valence-electron chi connectivity index (χ1n) is 5.05. The van der Waals surface area contributed by atoms with Crippen LogP contribution in [0.1, 0.15) is 23.3 Å². The number of nitrogens with two attached hydrogens (primary N) is 1. The summed E-state index contributed by atoms with van der Waals surface area (Å²) in [6.07, 6.45) is 2.98. The number of anilines is 1. The predicted molar refractivity (Wildman–Crippen MR) is 56.3 cm³/mol. The number of aromatic nitrogens is 1. The van der Waals surface area contributed by atoms with Gasteiger partial charge >= 0.3 is 0 Å². The van der Waals surface area contributed by atoms with E-state index in [0.717, 1.165) is 12.8 Å². The number of H-pyrrole nitrogens is 1. The molecule has 0 bridgehead atoms. The van der Waals surface area contributed by atoms with Gasteiger partial charge in [-0.1, -0.05) is 0 Å². The molecule has 0 radical (unpaired) electrons. The molecule has 5 heteroatoms. The molecule has 0 unspecified atom stereocenters. The van der Waals surface area contributed by atoms with E-state index in [1.165, 1.54) is 0 Å². The molecule has 1 aromatic heterocycles. The van der Waals surface area contributed by atoms with Crippen molar-refractivity contribution in [3.05, 3.63) is 18.0 Å². The van der Waals surface area contributed by atoms with Crippen molar-refractivity contribution in [1.82, 2.24) is 10.3 Å². The minimum absolute atomic E-state index is 0.145. The zero-order chi connectivity index (χ0) is 10.8. The van der Waals surface area contributed by atoms with Gasteiger partial charge in [0, 0.05) is 18.4 Å².